The van der Waals surface area contributed by atoms with Gasteiger partial charge in [0.05, 0.1) is 11.6 Å². The molecule has 0 aliphatic carbocycles. The van der Waals surface area contributed by atoms with Gasteiger partial charge in [0, 0.05) is 11.6 Å². The Bertz CT molecular complexity index is 833. The largest absolute Gasteiger partial charge is 0.486 e. The second kappa shape index (κ2) is 6.54. The molecule has 0 bridgehead atoms. The van der Waals surface area contributed by atoms with Gasteiger partial charge in [-0.2, -0.15) is 5.26 Å². The van der Waals surface area contributed by atoms with Gasteiger partial charge in [0.1, 0.15) is 30.9 Å². The Morgan fingerprint density at radius 2 is 2.00 bits per heavy atom. The topological polar surface area (TPSA) is 71.4 Å². The van der Waals surface area contributed by atoms with Crippen molar-refractivity contribution in [1.82, 2.24) is 5.32 Å². The summed E-state index contributed by atoms with van der Waals surface area (Å²) in [4.78, 5) is 12.4. The quantitative estimate of drug-likeness (QED) is 0.939. The average Bonchev–Trinajstić information content (AvgIpc) is 2.59. The van der Waals surface area contributed by atoms with E-state index in [0.717, 1.165) is 12.1 Å². The van der Waals surface area contributed by atoms with Crippen LogP contribution in [-0.4, -0.2) is 19.1 Å². The van der Waals surface area contributed by atoms with E-state index in [-0.39, 0.29) is 16.9 Å². The smallest absolute Gasteiger partial charge is 0.256 e. The highest BCUT2D eigenvalue weighted by molar-refractivity contribution is 5.98. The third-order valence-corrected chi connectivity index (χ3v) is 3.49. The molecule has 0 spiro atoms. The lowest BCUT2D eigenvalue weighted by Crippen LogP contribution is -2.29. The lowest BCUT2D eigenvalue weighted by Gasteiger charge is -2.21. The number of carbonyl (C=O) groups is 1. The van der Waals surface area contributed by atoms with Gasteiger partial charge in [-0.25, -0.2) is 8.78 Å². The van der Waals surface area contributed by atoms with Crippen LogP contribution >= 0.6 is 0 Å². The zero-order chi connectivity index (χ0) is 17.1. The van der Waals surface area contributed by atoms with Gasteiger partial charge in [-0.15, -0.1) is 0 Å². The molecule has 0 saturated heterocycles. The lowest BCUT2D eigenvalue weighted by molar-refractivity contribution is 0.0933. The summed E-state index contributed by atoms with van der Waals surface area (Å²) >= 11 is 0. The SMILES string of the molecule is N#C[C@H](NC(=O)c1cccc2c1OCCO2)c1ccc(F)cc1F. The maximum Gasteiger partial charge on any atom is 0.256 e. The van der Waals surface area contributed by atoms with Gasteiger partial charge < -0.3 is 14.8 Å². The second-order valence-corrected chi connectivity index (χ2v) is 5.03. The first-order valence-electron chi connectivity index (χ1n) is 7.14. The van der Waals surface area contributed by atoms with Gasteiger partial charge >= 0.3 is 0 Å². The van der Waals surface area contributed by atoms with Gasteiger partial charge in [-0.3, -0.25) is 4.79 Å². The van der Waals surface area contributed by atoms with Crippen LogP contribution in [-0.2, 0) is 0 Å². The predicted molar refractivity (Wildman–Crippen MR) is 79.6 cm³/mol. The summed E-state index contributed by atoms with van der Waals surface area (Å²) in [7, 11) is 0. The van der Waals surface area contributed by atoms with Gasteiger partial charge in [0.15, 0.2) is 11.5 Å². The third-order valence-electron chi connectivity index (χ3n) is 3.49. The molecule has 2 aromatic rings. The minimum atomic E-state index is -1.27. The van der Waals surface area contributed by atoms with E-state index in [0.29, 0.717) is 25.0 Å². The molecule has 122 valence electrons. The number of halogens is 2. The van der Waals surface area contributed by atoms with Crippen molar-refractivity contribution in [2.45, 2.75) is 6.04 Å². The number of nitriles is 1. The molecule has 1 aliphatic heterocycles. The van der Waals surface area contributed by atoms with E-state index in [9.17, 15) is 18.8 Å². The summed E-state index contributed by atoms with van der Waals surface area (Å²) in [6.07, 6.45) is 0. The minimum absolute atomic E-state index is 0.116. The first-order chi connectivity index (χ1) is 11.6. The average molecular weight is 330 g/mol. The predicted octanol–water partition coefficient (Wildman–Crippen LogP) is 2.73. The van der Waals surface area contributed by atoms with Crippen molar-refractivity contribution >= 4 is 5.91 Å². The third kappa shape index (κ3) is 2.99. The molecule has 1 atom stereocenters. The molecule has 0 saturated carbocycles. The Labute approximate surface area is 136 Å². The first-order valence-corrected chi connectivity index (χ1v) is 7.14. The Hall–Kier alpha value is -3.14. The fourth-order valence-electron chi connectivity index (χ4n) is 2.38. The summed E-state index contributed by atoms with van der Waals surface area (Å²) in [5.41, 5.74) is 0.0594. The van der Waals surface area contributed by atoms with Crippen LogP contribution in [0.3, 0.4) is 0 Å². The van der Waals surface area contributed by atoms with E-state index in [1.165, 1.54) is 6.07 Å². The van der Waals surface area contributed by atoms with Gasteiger partial charge in [0.25, 0.3) is 5.91 Å². The molecule has 7 heteroatoms. The molecule has 0 unspecified atom stereocenters. The number of carbonyl (C=O) groups excluding carboxylic acids is 1. The highest BCUT2D eigenvalue weighted by atomic mass is 19.1. The van der Waals surface area contributed by atoms with Crippen molar-refractivity contribution in [3.8, 4) is 17.6 Å². The molecule has 1 amide bonds. The minimum Gasteiger partial charge on any atom is -0.486 e. The van der Waals surface area contributed by atoms with Crippen molar-refractivity contribution in [2.75, 3.05) is 13.2 Å². The first kappa shape index (κ1) is 15.7. The van der Waals surface area contributed by atoms with Crippen LogP contribution in [0.5, 0.6) is 11.5 Å². The number of hydrogen-bond acceptors (Lipinski definition) is 4. The Balaban J connectivity index is 1.87. The Kier molecular flexibility index (Phi) is 4.29. The van der Waals surface area contributed by atoms with Crippen LogP contribution < -0.4 is 14.8 Å². The van der Waals surface area contributed by atoms with E-state index in [2.05, 4.69) is 5.32 Å². The molecule has 24 heavy (non-hydrogen) atoms. The van der Waals surface area contributed by atoms with E-state index in [4.69, 9.17) is 9.47 Å². The number of para-hydroxylation sites is 1. The van der Waals surface area contributed by atoms with Gasteiger partial charge in [0.2, 0.25) is 0 Å². The monoisotopic (exact) mass is 330 g/mol. The lowest BCUT2D eigenvalue weighted by atomic mass is 10.1. The number of nitrogens with zero attached hydrogens (tertiary/aromatic N) is 1. The summed E-state index contributed by atoms with van der Waals surface area (Å²) in [5, 5.41) is 11.6. The molecule has 1 heterocycles. The summed E-state index contributed by atoms with van der Waals surface area (Å²) < 4.78 is 37.7. The van der Waals surface area contributed by atoms with Crippen molar-refractivity contribution in [3.05, 3.63) is 59.2 Å². The van der Waals surface area contributed by atoms with Crippen molar-refractivity contribution in [1.29, 1.82) is 5.26 Å². The molecule has 0 fully saturated rings. The van der Waals surface area contributed by atoms with Crippen LogP contribution in [0.15, 0.2) is 36.4 Å². The van der Waals surface area contributed by atoms with Crippen LogP contribution in [0, 0.1) is 23.0 Å². The molecule has 0 radical (unpaired) electrons. The second-order valence-electron chi connectivity index (χ2n) is 5.03. The van der Waals surface area contributed by atoms with Gasteiger partial charge in [-0.1, -0.05) is 12.1 Å². The number of hydrogen-bond donors (Lipinski definition) is 1. The number of amides is 1. The van der Waals surface area contributed by atoms with Crippen LogP contribution in [0.25, 0.3) is 0 Å². The molecule has 3 rings (SSSR count). The molecule has 0 aromatic heterocycles. The maximum atomic E-state index is 13.8. The number of benzene rings is 2. The van der Waals surface area contributed by atoms with Crippen molar-refractivity contribution < 1.29 is 23.0 Å². The van der Waals surface area contributed by atoms with Crippen LogP contribution in [0.4, 0.5) is 8.78 Å². The van der Waals surface area contributed by atoms with E-state index in [1.54, 1.807) is 18.2 Å². The Morgan fingerprint density at radius 1 is 1.21 bits per heavy atom. The van der Waals surface area contributed by atoms with Gasteiger partial charge in [-0.05, 0) is 18.2 Å². The number of ether oxygens (including phenoxy) is 2. The van der Waals surface area contributed by atoms with Crippen molar-refractivity contribution in [3.63, 3.8) is 0 Å². The number of rotatable bonds is 3. The highest BCUT2D eigenvalue weighted by Crippen LogP contribution is 2.33. The molecular formula is C17H12F2N2O3. The standard InChI is InChI=1S/C17H12F2N2O3/c18-10-4-5-11(13(19)8-10)14(9-20)21-17(22)12-2-1-3-15-16(12)24-7-6-23-15/h1-5,8,14H,6-7H2,(H,21,22)/t14-/m0/s1. The molecule has 1 N–H and O–H groups in total. The van der Waals surface area contributed by atoms with E-state index >= 15 is 0 Å². The van der Waals surface area contributed by atoms with E-state index < -0.39 is 23.6 Å². The van der Waals surface area contributed by atoms with E-state index in [1.807, 2.05) is 0 Å². The fourth-order valence-corrected chi connectivity index (χ4v) is 2.38. The maximum absolute atomic E-state index is 13.8. The number of fused-ring (bicyclic) bond motifs is 1. The van der Waals surface area contributed by atoms with Crippen LogP contribution in [0.1, 0.15) is 22.0 Å². The summed E-state index contributed by atoms with van der Waals surface area (Å²) in [5.74, 6) is -1.58. The molecular weight excluding hydrogens is 318 g/mol. The Morgan fingerprint density at radius 3 is 2.75 bits per heavy atom. The highest BCUT2D eigenvalue weighted by Gasteiger charge is 2.24. The molecule has 5 nitrogen and oxygen atoms in total. The molecule has 2 aromatic carbocycles. The molecule has 1 aliphatic rings. The zero-order valence-electron chi connectivity index (χ0n) is 12.4. The summed E-state index contributed by atoms with van der Waals surface area (Å²) in [6, 6.07) is 8.12. The van der Waals surface area contributed by atoms with Crippen molar-refractivity contribution in [2.24, 2.45) is 0 Å². The van der Waals surface area contributed by atoms with Crippen LogP contribution in [0.2, 0.25) is 0 Å². The number of nitrogens with one attached hydrogen (secondary N) is 1. The normalized spacial score (nSPS) is 13.7. The fraction of sp³-hybridized carbons (Fsp3) is 0.176. The summed E-state index contributed by atoms with van der Waals surface area (Å²) in [6.45, 7) is 0.672. The zero-order valence-corrected chi connectivity index (χ0v) is 12.4.